The van der Waals surface area contributed by atoms with Crippen LogP contribution in [-0.4, -0.2) is 72.2 Å². The molecule has 0 aromatic carbocycles. The molecule has 158 valence electrons. The van der Waals surface area contributed by atoms with E-state index in [4.69, 9.17) is 39.1 Å². The summed E-state index contributed by atoms with van der Waals surface area (Å²) in [6.07, 6.45) is -6.05. The van der Waals surface area contributed by atoms with Gasteiger partial charge in [-0.05, 0) is 11.1 Å². The molecule has 0 aromatic heterocycles. The number of sulfone groups is 1. The lowest BCUT2D eigenvalue weighted by Crippen LogP contribution is -2.11. The highest BCUT2D eigenvalue weighted by molar-refractivity contribution is 8.00. The number of hydrogen-bond acceptors (Lipinski definition) is 6. The van der Waals surface area contributed by atoms with Crippen molar-refractivity contribution in [3.63, 3.8) is 0 Å². The van der Waals surface area contributed by atoms with Gasteiger partial charge in [0, 0.05) is 0 Å². The minimum Gasteiger partial charge on any atom is -0.324 e. The number of hydrogen-bond donors (Lipinski definition) is 8. The Morgan fingerprint density at radius 3 is 0.926 bits per heavy atom. The molecule has 0 unspecified atom stereocenters. The van der Waals surface area contributed by atoms with Gasteiger partial charge in [-0.3, -0.25) is 18.3 Å². The highest BCUT2D eigenvalue weighted by Crippen LogP contribution is 2.54. The fourth-order valence-electron chi connectivity index (χ4n) is 2.32. The lowest BCUT2D eigenvalue weighted by molar-refractivity contribution is 0.371. The van der Waals surface area contributed by atoms with Crippen molar-refractivity contribution >= 4 is 40.2 Å². The fourth-order valence-corrected chi connectivity index (χ4v) is 8.96. The molecule has 8 N–H and O–H groups in total. The maximum Gasteiger partial charge on any atom is 0.330 e. The predicted molar refractivity (Wildman–Crippen MR) is 90.6 cm³/mol. The molecular formula is C8H16O14P4S. The van der Waals surface area contributed by atoms with Crippen LogP contribution in [0.15, 0.2) is 21.0 Å². The minimum absolute atomic E-state index is 0.974. The first-order chi connectivity index (χ1) is 11.6. The van der Waals surface area contributed by atoms with E-state index < -0.39 is 85.8 Å². The molecule has 1 rings (SSSR count). The third-order valence-corrected chi connectivity index (χ3v) is 8.53. The van der Waals surface area contributed by atoms with Gasteiger partial charge in [0.1, 0.15) is 0 Å². The van der Waals surface area contributed by atoms with Crippen molar-refractivity contribution in [1.29, 1.82) is 0 Å². The molecule has 1 aliphatic heterocycles. The number of rotatable bonds is 8. The summed E-state index contributed by atoms with van der Waals surface area (Å²) < 4.78 is 70.2. The smallest absolute Gasteiger partial charge is 0.324 e. The van der Waals surface area contributed by atoms with E-state index in [1.807, 2.05) is 0 Å². The summed E-state index contributed by atoms with van der Waals surface area (Å²) in [5.74, 6) is 0. The highest BCUT2D eigenvalue weighted by Gasteiger charge is 2.45. The second-order valence-electron chi connectivity index (χ2n) is 5.60. The molecule has 0 atom stereocenters. The summed E-state index contributed by atoms with van der Waals surface area (Å²) in [5, 5.41) is 0. The van der Waals surface area contributed by atoms with E-state index in [1.54, 1.807) is 0 Å². The average Bonchev–Trinajstić information content (AvgIpc) is 2.46. The Bertz CT molecular complexity index is 906. The second kappa shape index (κ2) is 7.70. The van der Waals surface area contributed by atoms with Crippen molar-refractivity contribution in [1.82, 2.24) is 0 Å². The quantitative estimate of drug-likeness (QED) is 0.182. The molecule has 0 spiro atoms. The van der Waals surface area contributed by atoms with Gasteiger partial charge in [-0.15, -0.1) is 0 Å². The van der Waals surface area contributed by atoms with Gasteiger partial charge in [-0.25, -0.2) is 8.42 Å². The lowest BCUT2D eigenvalue weighted by atomic mass is 10.1. The lowest BCUT2D eigenvalue weighted by Gasteiger charge is -2.13. The summed E-state index contributed by atoms with van der Waals surface area (Å²) in [6, 6.07) is 0. The zero-order chi connectivity index (χ0) is 21.6. The molecule has 1 heterocycles. The molecule has 19 heteroatoms. The molecule has 0 radical (unpaired) electrons. The molecule has 0 fully saturated rings. The van der Waals surface area contributed by atoms with Crippen LogP contribution in [0, 0.1) is 0 Å². The predicted octanol–water partition coefficient (Wildman–Crippen LogP) is -1.37. The molecule has 0 bridgehead atoms. The van der Waals surface area contributed by atoms with Crippen LogP contribution in [0.4, 0.5) is 0 Å². The van der Waals surface area contributed by atoms with Crippen LogP contribution in [0.5, 0.6) is 0 Å². The third kappa shape index (κ3) is 7.75. The van der Waals surface area contributed by atoms with Crippen molar-refractivity contribution < 1.29 is 65.8 Å². The first-order valence-corrected chi connectivity index (χ1v) is 15.2. The van der Waals surface area contributed by atoms with Gasteiger partial charge in [-0.1, -0.05) is 0 Å². The van der Waals surface area contributed by atoms with E-state index in [0.717, 1.165) is 0 Å². The molecule has 27 heavy (non-hydrogen) atoms. The Labute approximate surface area is 152 Å². The van der Waals surface area contributed by atoms with Crippen molar-refractivity contribution in [2.75, 3.05) is 24.6 Å². The molecule has 0 saturated heterocycles. The van der Waals surface area contributed by atoms with E-state index in [2.05, 4.69) is 0 Å². The van der Waals surface area contributed by atoms with Crippen molar-refractivity contribution in [2.24, 2.45) is 0 Å². The third-order valence-electron chi connectivity index (χ3n) is 3.11. The van der Waals surface area contributed by atoms with Gasteiger partial charge in [-0.2, -0.15) is 0 Å². The number of allylic oxidation sites excluding steroid dienone is 4. The van der Waals surface area contributed by atoms with Gasteiger partial charge >= 0.3 is 30.4 Å². The largest absolute Gasteiger partial charge is 0.330 e. The van der Waals surface area contributed by atoms with Gasteiger partial charge in [0.15, 0.2) is 0 Å². The molecular weight excluding hydrogens is 476 g/mol. The van der Waals surface area contributed by atoms with E-state index in [9.17, 15) is 26.7 Å². The van der Waals surface area contributed by atoms with Gasteiger partial charge in [0.2, 0.25) is 9.84 Å². The monoisotopic (exact) mass is 492 g/mol. The Balaban J connectivity index is 3.86. The minimum atomic E-state index is -5.16. The van der Waals surface area contributed by atoms with Crippen LogP contribution in [0.2, 0.25) is 0 Å². The van der Waals surface area contributed by atoms with Crippen LogP contribution < -0.4 is 0 Å². The topological polar surface area (TPSA) is 264 Å². The van der Waals surface area contributed by atoms with Gasteiger partial charge < -0.3 is 39.1 Å². The van der Waals surface area contributed by atoms with Crippen molar-refractivity contribution in [3.8, 4) is 0 Å². The standard InChI is InChI=1S/C8H16O14P4S/c9-23(10,11)1-5-6(2-24(12,13)14)8(4-26(18,19)20)27(21,22)7(5)3-25(15,16)17/h1-4H2,(H2,9,10,11)(H2,12,13,14)(H2,15,16,17)(H2,18,19,20). The Morgan fingerprint density at radius 1 is 0.519 bits per heavy atom. The second-order valence-corrected chi connectivity index (χ2v) is 14.2. The first-order valence-electron chi connectivity index (χ1n) is 6.50. The van der Waals surface area contributed by atoms with Crippen LogP contribution in [0.3, 0.4) is 0 Å². The zero-order valence-corrected chi connectivity index (χ0v) is 17.4. The van der Waals surface area contributed by atoms with Gasteiger partial charge in [0.05, 0.1) is 34.5 Å². The summed E-state index contributed by atoms with van der Waals surface area (Å²) >= 11 is 0. The summed E-state index contributed by atoms with van der Waals surface area (Å²) in [5.41, 5.74) is -1.95. The van der Waals surface area contributed by atoms with E-state index in [1.165, 1.54) is 0 Å². The normalized spacial score (nSPS) is 19.1. The van der Waals surface area contributed by atoms with E-state index >= 15 is 0 Å². The summed E-state index contributed by atoms with van der Waals surface area (Å²) in [6.45, 7) is 0. The first kappa shape index (κ1) is 25.1. The van der Waals surface area contributed by atoms with Crippen LogP contribution >= 0.6 is 30.4 Å². The highest BCUT2D eigenvalue weighted by atomic mass is 32.2. The molecule has 0 aromatic rings. The van der Waals surface area contributed by atoms with E-state index in [-0.39, 0.29) is 0 Å². The van der Waals surface area contributed by atoms with Crippen LogP contribution in [0.25, 0.3) is 0 Å². The van der Waals surface area contributed by atoms with Gasteiger partial charge in [0.25, 0.3) is 0 Å². The fraction of sp³-hybridized carbons (Fsp3) is 0.500. The van der Waals surface area contributed by atoms with Crippen molar-refractivity contribution in [3.05, 3.63) is 21.0 Å². The maximum absolute atomic E-state index is 12.5. The Kier molecular flexibility index (Phi) is 7.15. The Hall–Kier alpha value is 0.0300. The summed E-state index contributed by atoms with van der Waals surface area (Å²) in [7, 11) is -25.6. The van der Waals surface area contributed by atoms with Crippen molar-refractivity contribution in [2.45, 2.75) is 0 Å². The molecule has 0 amide bonds. The maximum atomic E-state index is 12.5. The van der Waals surface area contributed by atoms with Crippen LogP contribution in [0.1, 0.15) is 0 Å². The molecule has 1 aliphatic rings. The van der Waals surface area contributed by atoms with E-state index in [0.29, 0.717) is 0 Å². The SMILES string of the molecule is O=P(O)(O)CC1=C(CP(=O)(O)O)S(=O)(=O)C(CP(=O)(O)O)=C1CP(=O)(O)O. The molecule has 0 saturated carbocycles. The molecule has 14 nitrogen and oxygen atoms in total. The average molecular weight is 492 g/mol. The Morgan fingerprint density at radius 2 is 0.741 bits per heavy atom. The molecule has 0 aliphatic carbocycles. The zero-order valence-electron chi connectivity index (χ0n) is 13.1. The van der Waals surface area contributed by atoms with Crippen LogP contribution in [-0.2, 0) is 28.1 Å². The summed E-state index contributed by atoms with van der Waals surface area (Å²) in [4.78, 5) is 70.2.